The fourth-order valence-electron chi connectivity index (χ4n) is 2.54. The lowest BCUT2D eigenvalue weighted by Gasteiger charge is -2.22. The first-order valence-corrected chi connectivity index (χ1v) is 7.90. The molecule has 0 saturated heterocycles. The summed E-state index contributed by atoms with van der Waals surface area (Å²) < 4.78 is 0. The molecule has 6 nitrogen and oxygen atoms in total. The number of hydrogen-bond acceptors (Lipinski definition) is 5. The first-order valence-electron chi connectivity index (χ1n) is 7.90. The van der Waals surface area contributed by atoms with Gasteiger partial charge in [-0.2, -0.15) is 0 Å². The molecule has 130 valence electrons. The number of benzene rings is 1. The molecule has 0 aromatic heterocycles. The smallest absolute Gasteiger partial charge is 0.223 e. The Kier molecular flexibility index (Phi) is 7.85. The SMILES string of the molecule is CC(C)CC(CO)NC(=O)C(CCO)Cc1ccc(O)cc1O. The number of carbonyl (C=O) groups is 1. The third-order valence-corrected chi connectivity index (χ3v) is 3.71. The first-order chi connectivity index (χ1) is 10.9. The summed E-state index contributed by atoms with van der Waals surface area (Å²) in [5.41, 5.74) is 0.529. The highest BCUT2D eigenvalue weighted by molar-refractivity contribution is 5.79. The fourth-order valence-corrected chi connectivity index (χ4v) is 2.54. The van der Waals surface area contributed by atoms with E-state index >= 15 is 0 Å². The minimum absolute atomic E-state index is 0.0494. The average molecular weight is 325 g/mol. The largest absolute Gasteiger partial charge is 0.508 e. The molecule has 0 aliphatic heterocycles. The molecule has 1 aromatic carbocycles. The Balaban J connectivity index is 2.77. The maximum Gasteiger partial charge on any atom is 0.223 e. The lowest BCUT2D eigenvalue weighted by atomic mass is 9.94. The van der Waals surface area contributed by atoms with Crippen molar-refractivity contribution in [2.75, 3.05) is 13.2 Å². The summed E-state index contributed by atoms with van der Waals surface area (Å²) in [6, 6.07) is 3.90. The number of phenolic OH excluding ortho intramolecular Hbond substituents is 2. The lowest BCUT2D eigenvalue weighted by Crippen LogP contribution is -2.42. The van der Waals surface area contributed by atoms with Crippen molar-refractivity contribution in [3.8, 4) is 11.5 Å². The van der Waals surface area contributed by atoms with Crippen molar-refractivity contribution >= 4 is 5.91 Å². The Morgan fingerprint density at radius 1 is 1.22 bits per heavy atom. The van der Waals surface area contributed by atoms with Gasteiger partial charge >= 0.3 is 0 Å². The summed E-state index contributed by atoms with van der Waals surface area (Å²) >= 11 is 0. The predicted molar refractivity (Wildman–Crippen MR) is 87.1 cm³/mol. The van der Waals surface area contributed by atoms with Crippen molar-refractivity contribution in [1.29, 1.82) is 0 Å². The van der Waals surface area contributed by atoms with Crippen LogP contribution in [0, 0.1) is 11.8 Å². The second-order valence-electron chi connectivity index (χ2n) is 6.24. The van der Waals surface area contributed by atoms with Gasteiger partial charge in [0.15, 0.2) is 0 Å². The summed E-state index contributed by atoms with van der Waals surface area (Å²) in [5.74, 6) is -0.568. The van der Waals surface area contributed by atoms with Crippen LogP contribution in [0.3, 0.4) is 0 Å². The van der Waals surface area contributed by atoms with E-state index in [1.54, 1.807) is 6.07 Å². The Labute approximate surface area is 136 Å². The molecule has 2 atom stereocenters. The highest BCUT2D eigenvalue weighted by Crippen LogP contribution is 2.26. The molecular formula is C17H27NO5. The molecule has 23 heavy (non-hydrogen) atoms. The Morgan fingerprint density at radius 2 is 1.91 bits per heavy atom. The quantitative estimate of drug-likeness (QED) is 0.468. The van der Waals surface area contributed by atoms with Gasteiger partial charge in [0.1, 0.15) is 11.5 Å². The second kappa shape index (κ2) is 9.37. The fraction of sp³-hybridized carbons (Fsp3) is 0.588. The van der Waals surface area contributed by atoms with Crippen molar-refractivity contribution in [3.05, 3.63) is 23.8 Å². The molecule has 0 bridgehead atoms. The van der Waals surface area contributed by atoms with Gasteiger partial charge in [0.25, 0.3) is 0 Å². The zero-order valence-corrected chi connectivity index (χ0v) is 13.7. The molecule has 0 radical (unpaired) electrons. The second-order valence-corrected chi connectivity index (χ2v) is 6.24. The van der Waals surface area contributed by atoms with Crippen LogP contribution in [-0.4, -0.2) is 45.6 Å². The van der Waals surface area contributed by atoms with E-state index in [0.717, 1.165) is 0 Å². The van der Waals surface area contributed by atoms with E-state index in [0.29, 0.717) is 17.9 Å². The molecule has 5 N–H and O–H groups in total. The number of aliphatic hydroxyl groups excluding tert-OH is 2. The van der Waals surface area contributed by atoms with Crippen LogP contribution in [0.15, 0.2) is 18.2 Å². The van der Waals surface area contributed by atoms with E-state index in [1.807, 2.05) is 13.8 Å². The molecule has 6 heteroatoms. The molecule has 1 aromatic rings. The van der Waals surface area contributed by atoms with Crippen LogP contribution in [0.1, 0.15) is 32.3 Å². The number of aliphatic hydroxyl groups is 2. The molecule has 0 aliphatic carbocycles. The van der Waals surface area contributed by atoms with Gasteiger partial charge in [0, 0.05) is 18.6 Å². The topological polar surface area (TPSA) is 110 Å². The van der Waals surface area contributed by atoms with Crippen molar-refractivity contribution in [2.24, 2.45) is 11.8 Å². The molecule has 1 rings (SSSR count). The zero-order valence-electron chi connectivity index (χ0n) is 13.7. The Morgan fingerprint density at radius 3 is 2.43 bits per heavy atom. The summed E-state index contributed by atoms with van der Waals surface area (Å²) in [7, 11) is 0. The number of rotatable bonds is 9. The van der Waals surface area contributed by atoms with Crippen LogP contribution < -0.4 is 5.32 Å². The number of nitrogens with one attached hydrogen (secondary N) is 1. The number of hydrogen-bond donors (Lipinski definition) is 5. The van der Waals surface area contributed by atoms with Crippen LogP contribution in [0.25, 0.3) is 0 Å². The molecule has 0 heterocycles. The molecule has 0 saturated carbocycles. The van der Waals surface area contributed by atoms with Crippen LogP contribution in [0.5, 0.6) is 11.5 Å². The summed E-state index contributed by atoms with van der Waals surface area (Å²) in [6.07, 6.45) is 1.17. The zero-order chi connectivity index (χ0) is 17.4. The van der Waals surface area contributed by atoms with Gasteiger partial charge in [-0.3, -0.25) is 4.79 Å². The maximum atomic E-state index is 12.4. The summed E-state index contributed by atoms with van der Waals surface area (Å²) in [4.78, 5) is 12.4. The monoisotopic (exact) mass is 325 g/mol. The number of carbonyl (C=O) groups excluding carboxylic acids is 1. The lowest BCUT2D eigenvalue weighted by molar-refractivity contribution is -0.126. The summed E-state index contributed by atoms with van der Waals surface area (Å²) in [6.45, 7) is 3.73. The minimum atomic E-state index is -0.517. The van der Waals surface area contributed by atoms with Gasteiger partial charge in [-0.1, -0.05) is 19.9 Å². The standard InChI is InChI=1S/C17H27NO5/c1-11(2)7-14(10-20)18-17(23)13(5-6-19)8-12-3-4-15(21)9-16(12)22/h3-4,9,11,13-14,19-22H,5-8,10H2,1-2H3,(H,18,23). The summed E-state index contributed by atoms with van der Waals surface area (Å²) in [5, 5.41) is 40.5. The maximum absolute atomic E-state index is 12.4. The van der Waals surface area contributed by atoms with E-state index < -0.39 is 5.92 Å². The van der Waals surface area contributed by atoms with Gasteiger partial charge < -0.3 is 25.7 Å². The van der Waals surface area contributed by atoms with Gasteiger partial charge in [0.05, 0.1) is 12.6 Å². The number of aromatic hydroxyl groups is 2. The van der Waals surface area contributed by atoms with Gasteiger partial charge in [0.2, 0.25) is 5.91 Å². The van der Waals surface area contributed by atoms with Crippen LogP contribution in [0.2, 0.25) is 0 Å². The number of phenols is 2. The highest BCUT2D eigenvalue weighted by atomic mass is 16.3. The van der Waals surface area contributed by atoms with E-state index in [1.165, 1.54) is 12.1 Å². The van der Waals surface area contributed by atoms with E-state index in [9.17, 15) is 25.2 Å². The van der Waals surface area contributed by atoms with Crippen LogP contribution >= 0.6 is 0 Å². The predicted octanol–water partition coefficient (Wildman–Crippen LogP) is 1.16. The van der Waals surface area contributed by atoms with E-state index in [-0.39, 0.29) is 49.5 Å². The van der Waals surface area contributed by atoms with Gasteiger partial charge in [-0.15, -0.1) is 0 Å². The minimum Gasteiger partial charge on any atom is -0.508 e. The van der Waals surface area contributed by atoms with Gasteiger partial charge in [-0.25, -0.2) is 0 Å². The highest BCUT2D eigenvalue weighted by Gasteiger charge is 2.23. The van der Waals surface area contributed by atoms with E-state index in [4.69, 9.17) is 0 Å². The molecular weight excluding hydrogens is 298 g/mol. The Bertz CT molecular complexity index is 504. The normalized spacial score (nSPS) is 13.8. The van der Waals surface area contributed by atoms with Crippen molar-refractivity contribution in [2.45, 2.75) is 39.2 Å². The first kappa shape index (κ1) is 19.3. The van der Waals surface area contributed by atoms with Crippen molar-refractivity contribution in [3.63, 3.8) is 0 Å². The van der Waals surface area contributed by atoms with Crippen LogP contribution in [-0.2, 0) is 11.2 Å². The van der Waals surface area contributed by atoms with Crippen molar-refractivity contribution < 1.29 is 25.2 Å². The average Bonchev–Trinajstić information content (AvgIpc) is 2.47. The molecule has 0 spiro atoms. The Hall–Kier alpha value is -1.79. The van der Waals surface area contributed by atoms with Crippen LogP contribution in [0.4, 0.5) is 0 Å². The van der Waals surface area contributed by atoms with Crippen molar-refractivity contribution in [1.82, 2.24) is 5.32 Å². The van der Waals surface area contributed by atoms with Gasteiger partial charge in [-0.05, 0) is 36.8 Å². The number of amides is 1. The third kappa shape index (κ3) is 6.46. The molecule has 0 fully saturated rings. The molecule has 2 unspecified atom stereocenters. The third-order valence-electron chi connectivity index (χ3n) is 3.71. The van der Waals surface area contributed by atoms with E-state index in [2.05, 4.69) is 5.32 Å². The molecule has 1 amide bonds. The molecule has 0 aliphatic rings.